The van der Waals surface area contributed by atoms with Crippen molar-refractivity contribution in [3.63, 3.8) is 0 Å². The molecular formula is C12H14F2. The molecule has 0 heterocycles. The van der Waals surface area contributed by atoms with Crippen molar-refractivity contribution in [3.05, 3.63) is 41.5 Å². The van der Waals surface area contributed by atoms with Gasteiger partial charge >= 0.3 is 0 Å². The third-order valence-corrected chi connectivity index (χ3v) is 1.96. The number of allylic oxidation sites excluding steroid dienone is 2. The number of rotatable bonds is 2. The van der Waals surface area contributed by atoms with Crippen LogP contribution >= 0.6 is 0 Å². The van der Waals surface area contributed by atoms with Crippen LogP contribution in [-0.2, 0) is 0 Å². The molecule has 0 unspecified atom stereocenters. The molecule has 2 heteroatoms. The van der Waals surface area contributed by atoms with Gasteiger partial charge in [0.25, 0.3) is 0 Å². The molecule has 0 aliphatic carbocycles. The Kier molecular flexibility index (Phi) is 3.39. The molecule has 0 saturated heterocycles. The number of hydrogen-bond acceptors (Lipinski definition) is 0. The smallest absolute Gasteiger partial charge is 0.159 e. The molecule has 0 radical (unpaired) electrons. The maximum absolute atomic E-state index is 12.9. The van der Waals surface area contributed by atoms with E-state index >= 15 is 0 Å². The third kappa shape index (κ3) is 2.66. The van der Waals surface area contributed by atoms with E-state index < -0.39 is 11.6 Å². The lowest BCUT2D eigenvalue weighted by molar-refractivity contribution is 0.508. The Morgan fingerprint density at radius 1 is 1.21 bits per heavy atom. The van der Waals surface area contributed by atoms with E-state index in [1.165, 1.54) is 6.07 Å². The van der Waals surface area contributed by atoms with Crippen LogP contribution in [0.4, 0.5) is 8.78 Å². The molecule has 0 fully saturated rings. The van der Waals surface area contributed by atoms with E-state index in [4.69, 9.17) is 0 Å². The van der Waals surface area contributed by atoms with E-state index in [0.29, 0.717) is 5.92 Å². The van der Waals surface area contributed by atoms with Crippen molar-refractivity contribution in [3.8, 4) is 0 Å². The van der Waals surface area contributed by atoms with E-state index in [9.17, 15) is 8.78 Å². The first-order valence-corrected chi connectivity index (χ1v) is 4.64. The molecule has 1 rings (SSSR count). The highest BCUT2D eigenvalue weighted by Gasteiger charge is 2.03. The third-order valence-electron chi connectivity index (χ3n) is 1.96. The Labute approximate surface area is 83.3 Å². The monoisotopic (exact) mass is 196 g/mol. The summed E-state index contributed by atoms with van der Waals surface area (Å²) in [6.07, 6.45) is 2.02. The van der Waals surface area contributed by atoms with Gasteiger partial charge in [0, 0.05) is 0 Å². The number of halogens is 2. The maximum Gasteiger partial charge on any atom is 0.159 e. The van der Waals surface area contributed by atoms with Gasteiger partial charge in [-0.2, -0.15) is 0 Å². The second-order valence-corrected chi connectivity index (χ2v) is 3.72. The molecule has 0 atom stereocenters. The zero-order valence-electron chi connectivity index (χ0n) is 8.64. The second-order valence-electron chi connectivity index (χ2n) is 3.72. The van der Waals surface area contributed by atoms with Crippen LogP contribution in [0, 0.1) is 17.6 Å². The lowest BCUT2D eigenvalue weighted by Gasteiger charge is -2.04. The fourth-order valence-electron chi connectivity index (χ4n) is 1.34. The van der Waals surface area contributed by atoms with Crippen molar-refractivity contribution in [2.24, 2.45) is 5.92 Å². The highest BCUT2D eigenvalue weighted by molar-refractivity contribution is 5.63. The van der Waals surface area contributed by atoms with Crippen molar-refractivity contribution in [2.75, 3.05) is 0 Å². The summed E-state index contributed by atoms with van der Waals surface area (Å²) in [7, 11) is 0. The van der Waals surface area contributed by atoms with E-state index in [-0.39, 0.29) is 0 Å². The molecule has 0 amide bonds. The molecule has 0 nitrogen and oxygen atoms in total. The molecule has 1 aromatic rings. The molecule has 0 bridgehead atoms. The van der Waals surface area contributed by atoms with Crippen LogP contribution < -0.4 is 0 Å². The minimum Gasteiger partial charge on any atom is -0.204 e. The molecular weight excluding hydrogens is 182 g/mol. The SMILES string of the molecule is C/C(=C\C(C)C)c1ccc(F)c(F)c1. The Morgan fingerprint density at radius 3 is 2.36 bits per heavy atom. The summed E-state index contributed by atoms with van der Waals surface area (Å²) in [5.41, 5.74) is 1.71. The van der Waals surface area contributed by atoms with E-state index in [0.717, 1.165) is 17.2 Å². The standard InChI is InChI=1S/C12H14F2/c1-8(2)6-9(3)10-4-5-11(13)12(14)7-10/h4-8H,1-3H3/b9-6+. The predicted octanol–water partition coefficient (Wildman–Crippen LogP) is 4.02. The van der Waals surface area contributed by atoms with Gasteiger partial charge < -0.3 is 0 Å². The Morgan fingerprint density at radius 2 is 1.86 bits per heavy atom. The van der Waals surface area contributed by atoms with E-state index in [1.54, 1.807) is 6.07 Å². The highest BCUT2D eigenvalue weighted by Crippen LogP contribution is 2.18. The summed E-state index contributed by atoms with van der Waals surface area (Å²) in [6.45, 7) is 5.99. The lowest BCUT2D eigenvalue weighted by Crippen LogP contribution is -1.89. The van der Waals surface area contributed by atoms with E-state index in [2.05, 4.69) is 0 Å². The first-order valence-electron chi connectivity index (χ1n) is 4.64. The second kappa shape index (κ2) is 4.36. The molecule has 0 N–H and O–H groups in total. The highest BCUT2D eigenvalue weighted by atomic mass is 19.2. The lowest BCUT2D eigenvalue weighted by atomic mass is 10.0. The molecule has 0 saturated carbocycles. The summed E-state index contributed by atoms with van der Waals surface area (Å²) in [5.74, 6) is -1.19. The molecule has 0 aromatic heterocycles. The molecule has 0 aliphatic rings. The summed E-state index contributed by atoms with van der Waals surface area (Å²) in [5, 5.41) is 0. The van der Waals surface area contributed by atoms with Crippen LogP contribution in [0.2, 0.25) is 0 Å². The molecule has 76 valence electrons. The van der Waals surface area contributed by atoms with Gasteiger partial charge in [-0.05, 0) is 36.1 Å². The molecule has 0 spiro atoms. The van der Waals surface area contributed by atoms with Crippen molar-refractivity contribution < 1.29 is 8.78 Å². The van der Waals surface area contributed by atoms with Gasteiger partial charge in [-0.3, -0.25) is 0 Å². The van der Waals surface area contributed by atoms with Crippen LogP contribution in [0.1, 0.15) is 26.3 Å². The molecule has 14 heavy (non-hydrogen) atoms. The summed E-state index contributed by atoms with van der Waals surface area (Å²) < 4.78 is 25.5. The van der Waals surface area contributed by atoms with Gasteiger partial charge in [0.1, 0.15) is 0 Å². The largest absolute Gasteiger partial charge is 0.204 e. The fraction of sp³-hybridized carbons (Fsp3) is 0.333. The van der Waals surface area contributed by atoms with Crippen molar-refractivity contribution in [1.29, 1.82) is 0 Å². The first-order chi connectivity index (χ1) is 6.50. The van der Waals surface area contributed by atoms with Crippen molar-refractivity contribution in [1.82, 2.24) is 0 Å². The normalized spacial score (nSPS) is 12.3. The quantitative estimate of drug-likeness (QED) is 0.670. The van der Waals surface area contributed by atoms with Crippen LogP contribution in [0.25, 0.3) is 5.57 Å². The van der Waals surface area contributed by atoms with E-state index in [1.807, 2.05) is 26.8 Å². The zero-order chi connectivity index (χ0) is 10.7. The summed E-state index contributed by atoms with van der Waals surface area (Å²) >= 11 is 0. The van der Waals surface area contributed by atoms with Gasteiger partial charge in [-0.1, -0.05) is 26.0 Å². The average molecular weight is 196 g/mol. The van der Waals surface area contributed by atoms with Crippen molar-refractivity contribution in [2.45, 2.75) is 20.8 Å². The van der Waals surface area contributed by atoms with Crippen LogP contribution in [0.15, 0.2) is 24.3 Å². The van der Waals surface area contributed by atoms with Crippen molar-refractivity contribution >= 4 is 5.57 Å². The minimum atomic E-state index is -0.800. The van der Waals surface area contributed by atoms with Gasteiger partial charge in [-0.25, -0.2) is 8.78 Å². The number of benzene rings is 1. The van der Waals surface area contributed by atoms with Gasteiger partial charge in [0.15, 0.2) is 11.6 Å². The van der Waals surface area contributed by atoms with Gasteiger partial charge in [0.2, 0.25) is 0 Å². The molecule has 1 aromatic carbocycles. The summed E-state index contributed by atoms with van der Waals surface area (Å²) in [4.78, 5) is 0. The molecule has 0 aliphatic heterocycles. The van der Waals surface area contributed by atoms with Gasteiger partial charge in [-0.15, -0.1) is 0 Å². The Hall–Kier alpha value is -1.18. The Balaban J connectivity index is 3.03. The van der Waals surface area contributed by atoms with Crippen LogP contribution in [0.3, 0.4) is 0 Å². The summed E-state index contributed by atoms with van der Waals surface area (Å²) in [6, 6.07) is 3.97. The maximum atomic E-state index is 12.9. The van der Waals surface area contributed by atoms with Crippen LogP contribution in [0.5, 0.6) is 0 Å². The zero-order valence-corrected chi connectivity index (χ0v) is 8.64. The average Bonchev–Trinajstić information content (AvgIpc) is 2.08. The van der Waals surface area contributed by atoms with Crippen LogP contribution in [-0.4, -0.2) is 0 Å². The predicted molar refractivity (Wildman–Crippen MR) is 54.8 cm³/mol. The first kappa shape index (κ1) is 10.9. The number of hydrogen-bond donors (Lipinski definition) is 0. The minimum absolute atomic E-state index is 0.406. The topological polar surface area (TPSA) is 0 Å². The van der Waals surface area contributed by atoms with Gasteiger partial charge in [0.05, 0.1) is 0 Å². The Bertz CT molecular complexity index is 351. The fourth-order valence-corrected chi connectivity index (χ4v) is 1.34.